The van der Waals surface area contributed by atoms with Gasteiger partial charge in [0, 0.05) is 28.4 Å². The predicted molar refractivity (Wildman–Crippen MR) is 83.3 cm³/mol. The van der Waals surface area contributed by atoms with Gasteiger partial charge in [-0.2, -0.15) is 0 Å². The second kappa shape index (κ2) is 5.88. The van der Waals surface area contributed by atoms with Gasteiger partial charge < -0.3 is 10.1 Å². The number of halogens is 1. The summed E-state index contributed by atoms with van der Waals surface area (Å²) >= 11 is 2.28. The van der Waals surface area contributed by atoms with E-state index < -0.39 is 0 Å². The maximum Gasteiger partial charge on any atom is 0.130 e. The number of aromatic nitrogens is 1. The number of nitrogens with zero attached hydrogens (tertiary/aromatic N) is 1. The standard InChI is InChI=1S/C15H15IN2O/c16-11-2-1-3-14(8-11)19-15-6-7-17-13(9-15)10-18-12-4-5-12/h1-3,6-9,12,18H,4-5,10H2. The van der Waals surface area contributed by atoms with Gasteiger partial charge in [-0.15, -0.1) is 0 Å². The lowest BCUT2D eigenvalue weighted by atomic mass is 10.3. The molecule has 1 fully saturated rings. The van der Waals surface area contributed by atoms with Crippen LogP contribution in [0.3, 0.4) is 0 Å². The monoisotopic (exact) mass is 366 g/mol. The number of nitrogens with one attached hydrogen (secondary N) is 1. The van der Waals surface area contributed by atoms with Crippen LogP contribution in [0.4, 0.5) is 0 Å². The number of hydrogen-bond donors (Lipinski definition) is 1. The van der Waals surface area contributed by atoms with E-state index in [9.17, 15) is 0 Å². The fraction of sp³-hybridized carbons (Fsp3) is 0.267. The highest BCUT2D eigenvalue weighted by atomic mass is 127. The second-order valence-corrected chi connectivity index (χ2v) is 5.94. The summed E-state index contributed by atoms with van der Waals surface area (Å²) in [5.74, 6) is 1.70. The van der Waals surface area contributed by atoms with Gasteiger partial charge in [0.25, 0.3) is 0 Å². The summed E-state index contributed by atoms with van der Waals surface area (Å²) < 4.78 is 7.02. The molecule has 0 aliphatic heterocycles. The van der Waals surface area contributed by atoms with E-state index in [1.54, 1.807) is 6.20 Å². The number of hydrogen-bond acceptors (Lipinski definition) is 3. The van der Waals surface area contributed by atoms with Crippen LogP contribution in [-0.4, -0.2) is 11.0 Å². The average Bonchev–Trinajstić information content (AvgIpc) is 3.21. The van der Waals surface area contributed by atoms with Gasteiger partial charge in [-0.05, 0) is 59.7 Å². The highest BCUT2D eigenvalue weighted by Gasteiger charge is 2.20. The number of rotatable bonds is 5. The van der Waals surface area contributed by atoms with Crippen molar-refractivity contribution in [2.75, 3.05) is 0 Å². The highest BCUT2D eigenvalue weighted by Crippen LogP contribution is 2.23. The van der Waals surface area contributed by atoms with Gasteiger partial charge >= 0.3 is 0 Å². The third kappa shape index (κ3) is 3.91. The van der Waals surface area contributed by atoms with Gasteiger partial charge in [-0.25, -0.2) is 0 Å². The SMILES string of the molecule is Ic1cccc(Oc2ccnc(CNC3CC3)c2)c1. The topological polar surface area (TPSA) is 34.1 Å². The third-order valence-corrected chi connectivity index (χ3v) is 3.64. The lowest BCUT2D eigenvalue weighted by Gasteiger charge is -2.08. The van der Waals surface area contributed by atoms with Crippen LogP contribution in [-0.2, 0) is 6.54 Å². The maximum atomic E-state index is 5.85. The highest BCUT2D eigenvalue weighted by molar-refractivity contribution is 14.1. The Hall–Kier alpha value is -1.14. The normalized spacial score (nSPS) is 14.4. The molecule has 0 spiro atoms. The van der Waals surface area contributed by atoms with Crippen LogP contribution in [0.5, 0.6) is 11.5 Å². The second-order valence-electron chi connectivity index (χ2n) is 4.70. The molecule has 4 heteroatoms. The van der Waals surface area contributed by atoms with Crippen molar-refractivity contribution in [2.45, 2.75) is 25.4 Å². The van der Waals surface area contributed by atoms with E-state index in [1.807, 2.05) is 36.4 Å². The van der Waals surface area contributed by atoms with Crippen molar-refractivity contribution in [2.24, 2.45) is 0 Å². The first-order valence-electron chi connectivity index (χ1n) is 6.41. The van der Waals surface area contributed by atoms with Gasteiger partial charge in [-0.1, -0.05) is 6.07 Å². The van der Waals surface area contributed by atoms with E-state index in [0.29, 0.717) is 6.04 Å². The molecule has 0 amide bonds. The molecule has 0 atom stereocenters. The van der Waals surface area contributed by atoms with Crippen LogP contribution in [0.2, 0.25) is 0 Å². The van der Waals surface area contributed by atoms with Crippen LogP contribution in [0, 0.1) is 3.57 Å². The third-order valence-electron chi connectivity index (χ3n) is 2.97. The Bertz CT molecular complexity index is 570. The Morgan fingerprint density at radius 3 is 2.84 bits per heavy atom. The van der Waals surface area contributed by atoms with Gasteiger partial charge in [-0.3, -0.25) is 4.98 Å². The quantitative estimate of drug-likeness (QED) is 0.819. The maximum absolute atomic E-state index is 5.85. The molecule has 0 saturated heterocycles. The summed E-state index contributed by atoms with van der Waals surface area (Å²) in [5, 5.41) is 3.45. The molecule has 1 saturated carbocycles. The van der Waals surface area contributed by atoms with E-state index >= 15 is 0 Å². The van der Waals surface area contributed by atoms with E-state index in [-0.39, 0.29) is 0 Å². The Labute approximate surface area is 126 Å². The van der Waals surface area contributed by atoms with Crippen LogP contribution >= 0.6 is 22.6 Å². The first-order valence-corrected chi connectivity index (χ1v) is 7.49. The molecule has 0 unspecified atom stereocenters. The Morgan fingerprint density at radius 1 is 1.21 bits per heavy atom. The van der Waals surface area contributed by atoms with Gasteiger partial charge in [0.1, 0.15) is 11.5 Å². The molecule has 3 rings (SSSR count). The molecule has 19 heavy (non-hydrogen) atoms. The van der Waals surface area contributed by atoms with E-state index in [1.165, 1.54) is 16.4 Å². The molecule has 1 N–H and O–H groups in total. The molecule has 1 aliphatic carbocycles. The summed E-state index contributed by atoms with van der Waals surface area (Å²) in [5.41, 5.74) is 1.02. The van der Waals surface area contributed by atoms with E-state index in [0.717, 1.165) is 23.7 Å². The number of benzene rings is 1. The minimum absolute atomic E-state index is 0.696. The fourth-order valence-electron chi connectivity index (χ4n) is 1.82. The van der Waals surface area contributed by atoms with Crippen molar-refractivity contribution in [3.8, 4) is 11.5 Å². The van der Waals surface area contributed by atoms with Crippen molar-refractivity contribution >= 4 is 22.6 Å². The molecule has 1 heterocycles. The minimum atomic E-state index is 0.696. The zero-order valence-corrected chi connectivity index (χ0v) is 12.6. The van der Waals surface area contributed by atoms with Gasteiger partial charge in [0.2, 0.25) is 0 Å². The number of pyridine rings is 1. The first-order chi connectivity index (χ1) is 9.29. The van der Waals surface area contributed by atoms with Crippen molar-refractivity contribution in [3.63, 3.8) is 0 Å². The zero-order chi connectivity index (χ0) is 13.1. The summed E-state index contributed by atoms with van der Waals surface area (Å²) in [7, 11) is 0. The molecule has 1 aromatic heterocycles. The molecular formula is C15H15IN2O. The van der Waals surface area contributed by atoms with Gasteiger partial charge in [0.15, 0.2) is 0 Å². The van der Waals surface area contributed by atoms with Gasteiger partial charge in [0.05, 0.1) is 5.69 Å². The first kappa shape index (κ1) is 12.9. The fourth-order valence-corrected chi connectivity index (χ4v) is 2.33. The smallest absolute Gasteiger partial charge is 0.130 e. The largest absolute Gasteiger partial charge is 0.457 e. The van der Waals surface area contributed by atoms with Crippen molar-refractivity contribution < 1.29 is 4.74 Å². The van der Waals surface area contributed by atoms with Crippen molar-refractivity contribution in [1.82, 2.24) is 10.3 Å². The van der Waals surface area contributed by atoms with E-state index in [2.05, 4.69) is 32.9 Å². The number of ether oxygens (including phenoxy) is 1. The Kier molecular flexibility index (Phi) is 3.98. The minimum Gasteiger partial charge on any atom is -0.457 e. The Balaban J connectivity index is 1.67. The van der Waals surface area contributed by atoms with Crippen LogP contribution in [0.15, 0.2) is 42.6 Å². The summed E-state index contributed by atoms with van der Waals surface area (Å²) in [6, 6.07) is 12.6. The molecule has 1 aliphatic rings. The Morgan fingerprint density at radius 2 is 2.05 bits per heavy atom. The van der Waals surface area contributed by atoms with Crippen LogP contribution in [0.1, 0.15) is 18.5 Å². The molecule has 0 radical (unpaired) electrons. The van der Waals surface area contributed by atoms with Crippen LogP contribution < -0.4 is 10.1 Å². The lowest BCUT2D eigenvalue weighted by Crippen LogP contribution is -2.16. The molecule has 98 valence electrons. The summed E-state index contributed by atoms with van der Waals surface area (Å²) in [6.45, 7) is 0.814. The molecule has 3 nitrogen and oxygen atoms in total. The molecule has 0 bridgehead atoms. The van der Waals surface area contributed by atoms with Crippen molar-refractivity contribution in [3.05, 3.63) is 51.9 Å². The summed E-state index contributed by atoms with van der Waals surface area (Å²) in [6.07, 6.45) is 4.38. The lowest BCUT2D eigenvalue weighted by molar-refractivity contribution is 0.480. The average molecular weight is 366 g/mol. The van der Waals surface area contributed by atoms with E-state index in [4.69, 9.17) is 4.74 Å². The van der Waals surface area contributed by atoms with Crippen LogP contribution in [0.25, 0.3) is 0 Å². The summed E-state index contributed by atoms with van der Waals surface area (Å²) in [4.78, 5) is 4.35. The van der Waals surface area contributed by atoms with Crippen molar-refractivity contribution in [1.29, 1.82) is 0 Å². The molecule has 1 aromatic carbocycles. The predicted octanol–water partition coefficient (Wildman–Crippen LogP) is 3.73. The zero-order valence-electron chi connectivity index (χ0n) is 10.5. The molecule has 2 aromatic rings. The molecular weight excluding hydrogens is 351 g/mol.